The van der Waals surface area contributed by atoms with E-state index in [1.807, 2.05) is 11.8 Å². The minimum Gasteiger partial charge on any atom is -0.314 e. The Kier molecular flexibility index (Phi) is 4.95. The van der Waals surface area contributed by atoms with E-state index in [-0.39, 0.29) is 0 Å². The first-order valence-corrected chi connectivity index (χ1v) is 8.16. The summed E-state index contributed by atoms with van der Waals surface area (Å²) in [5, 5.41) is 3.65. The molecule has 1 heterocycles. The largest absolute Gasteiger partial charge is 0.314 e. The first-order chi connectivity index (χ1) is 8.16. The van der Waals surface area contributed by atoms with Crippen molar-refractivity contribution in [1.82, 2.24) is 5.32 Å². The smallest absolute Gasteiger partial charge is 0.0132 e. The summed E-state index contributed by atoms with van der Waals surface area (Å²) in [4.78, 5) is 2.07. The number of hydrogen-bond acceptors (Lipinski definition) is 2. The van der Waals surface area contributed by atoms with Crippen molar-refractivity contribution in [2.45, 2.75) is 42.0 Å². The molecule has 1 aromatic carbocycles. The summed E-state index contributed by atoms with van der Waals surface area (Å²) in [5.74, 6) is 1.91. The summed E-state index contributed by atoms with van der Waals surface area (Å²) in [5.41, 5.74) is 1.53. The van der Waals surface area contributed by atoms with Crippen molar-refractivity contribution in [2.24, 2.45) is 0 Å². The molecule has 0 radical (unpaired) electrons. The highest BCUT2D eigenvalue weighted by Gasteiger charge is 2.22. The minimum atomic E-state index is 0.585. The highest BCUT2D eigenvalue weighted by Crippen LogP contribution is 2.38. The zero-order valence-electron chi connectivity index (χ0n) is 10.4. The molecular weight excluding hydrogens is 294 g/mol. The number of fused-ring (bicyclic) bond motifs is 1. The van der Waals surface area contributed by atoms with Crippen LogP contribution in [0.3, 0.4) is 0 Å². The topological polar surface area (TPSA) is 12.0 Å². The molecule has 94 valence electrons. The highest BCUT2D eigenvalue weighted by atomic mass is 79.9. The minimum absolute atomic E-state index is 0.585. The third-order valence-electron chi connectivity index (χ3n) is 3.19. The predicted octanol–water partition coefficient (Wildman–Crippen LogP) is 4.03. The molecule has 0 aliphatic carbocycles. The van der Waals surface area contributed by atoms with E-state index in [1.165, 1.54) is 22.6 Å². The number of hydrogen-bond donors (Lipinski definition) is 1. The molecular formula is C14H20BrNS. The Morgan fingerprint density at radius 1 is 1.41 bits per heavy atom. The molecule has 0 amide bonds. The Morgan fingerprint density at radius 3 is 2.94 bits per heavy atom. The summed E-state index contributed by atoms with van der Waals surface area (Å²) in [6, 6.07) is 9.39. The van der Waals surface area contributed by atoms with E-state index in [4.69, 9.17) is 0 Å². The Hall–Kier alpha value is 0.0100. The van der Waals surface area contributed by atoms with Crippen LogP contribution in [0, 0.1) is 0 Å². The van der Waals surface area contributed by atoms with Gasteiger partial charge in [0.15, 0.2) is 0 Å². The fourth-order valence-electron chi connectivity index (χ4n) is 2.31. The van der Waals surface area contributed by atoms with Crippen molar-refractivity contribution in [1.29, 1.82) is 0 Å². The zero-order chi connectivity index (χ0) is 12.3. The normalized spacial score (nSPS) is 22.2. The van der Waals surface area contributed by atoms with Crippen LogP contribution in [-0.2, 0) is 0 Å². The Morgan fingerprint density at radius 2 is 2.18 bits per heavy atom. The fourth-order valence-corrected chi connectivity index (χ4v) is 4.13. The van der Waals surface area contributed by atoms with Crippen LogP contribution in [-0.4, -0.2) is 23.2 Å². The first kappa shape index (κ1) is 13.4. The van der Waals surface area contributed by atoms with Crippen LogP contribution in [0.5, 0.6) is 0 Å². The van der Waals surface area contributed by atoms with Crippen molar-refractivity contribution < 1.29 is 0 Å². The van der Waals surface area contributed by atoms with Crippen molar-refractivity contribution in [3.05, 3.63) is 29.8 Å². The van der Waals surface area contributed by atoms with Gasteiger partial charge in [0, 0.05) is 34.0 Å². The second-order valence-electron chi connectivity index (χ2n) is 4.87. The maximum Gasteiger partial charge on any atom is 0.0132 e. The molecule has 1 aromatic rings. The molecule has 0 spiro atoms. The molecule has 0 aromatic heterocycles. The molecule has 1 aliphatic rings. The first-order valence-electron chi connectivity index (χ1n) is 6.26. The lowest BCUT2D eigenvalue weighted by Gasteiger charge is -2.18. The summed E-state index contributed by atoms with van der Waals surface area (Å²) < 4.78 is 0. The molecule has 1 N–H and O–H groups in total. The van der Waals surface area contributed by atoms with Crippen LogP contribution in [0.25, 0.3) is 0 Å². The lowest BCUT2D eigenvalue weighted by molar-refractivity contribution is 0.496. The summed E-state index contributed by atoms with van der Waals surface area (Å²) in [6.45, 7) is 5.58. The highest BCUT2D eigenvalue weighted by molar-refractivity contribution is 9.09. The van der Waals surface area contributed by atoms with Crippen molar-refractivity contribution in [3.8, 4) is 0 Å². The molecule has 1 aliphatic heterocycles. The molecule has 2 rings (SSSR count). The van der Waals surface area contributed by atoms with E-state index in [0.717, 1.165) is 6.54 Å². The van der Waals surface area contributed by atoms with E-state index in [1.54, 1.807) is 0 Å². The number of rotatable bonds is 5. The lowest BCUT2D eigenvalue weighted by atomic mass is 10.0. The molecule has 0 saturated carbocycles. The van der Waals surface area contributed by atoms with Gasteiger partial charge in [-0.05, 0) is 25.0 Å². The standard InChI is InChI=1S/C14H20BrNS/c1-10(15)7-11(2)16-8-12-9-17-14-6-4-3-5-13(12)14/h3-6,10-12,16H,7-9H2,1-2H3. The van der Waals surface area contributed by atoms with Crippen LogP contribution < -0.4 is 5.32 Å². The van der Waals surface area contributed by atoms with Crippen molar-refractivity contribution in [2.75, 3.05) is 12.3 Å². The third-order valence-corrected chi connectivity index (χ3v) is 4.82. The van der Waals surface area contributed by atoms with E-state index < -0.39 is 0 Å². The summed E-state index contributed by atoms with van der Waals surface area (Å²) in [7, 11) is 0. The van der Waals surface area contributed by atoms with Gasteiger partial charge in [-0.25, -0.2) is 0 Å². The van der Waals surface area contributed by atoms with Gasteiger partial charge in [0.2, 0.25) is 0 Å². The predicted molar refractivity (Wildman–Crippen MR) is 80.4 cm³/mol. The second kappa shape index (κ2) is 6.26. The van der Waals surface area contributed by atoms with Crippen LogP contribution in [0.4, 0.5) is 0 Å². The molecule has 17 heavy (non-hydrogen) atoms. The fraction of sp³-hybridized carbons (Fsp3) is 0.571. The SMILES string of the molecule is CC(Br)CC(C)NCC1CSc2ccccc21. The quantitative estimate of drug-likeness (QED) is 0.824. The van der Waals surface area contributed by atoms with Gasteiger partial charge in [0.25, 0.3) is 0 Å². The number of benzene rings is 1. The molecule has 0 bridgehead atoms. The van der Waals surface area contributed by atoms with Gasteiger partial charge in [-0.1, -0.05) is 41.1 Å². The van der Waals surface area contributed by atoms with Crippen molar-refractivity contribution in [3.63, 3.8) is 0 Å². The second-order valence-corrected chi connectivity index (χ2v) is 7.50. The zero-order valence-corrected chi connectivity index (χ0v) is 12.9. The Labute approximate surface area is 117 Å². The Bertz CT molecular complexity index is 367. The van der Waals surface area contributed by atoms with Crippen LogP contribution in [0.1, 0.15) is 31.7 Å². The van der Waals surface area contributed by atoms with Gasteiger partial charge in [0.05, 0.1) is 0 Å². The Balaban J connectivity index is 1.85. The lowest BCUT2D eigenvalue weighted by Crippen LogP contribution is -2.31. The van der Waals surface area contributed by atoms with Crippen LogP contribution >= 0.6 is 27.7 Å². The molecule has 3 unspecified atom stereocenters. The molecule has 0 saturated heterocycles. The number of alkyl halides is 1. The van der Waals surface area contributed by atoms with Gasteiger partial charge in [-0.2, -0.15) is 0 Å². The molecule has 0 fully saturated rings. The van der Waals surface area contributed by atoms with Gasteiger partial charge in [-0.15, -0.1) is 11.8 Å². The average molecular weight is 314 g/mol. The molecule has 1 nitrogen and oxygen atoms in total. The average Bonchev–Trinajstić information content (AvgIpc) is 2.69. The van der Waals surface area contributed by atoms with Gasteiger partial charge >= 0.3 is 0 Å². The molecule has 3 heteroatoms. The van der Waals surface area contributed by atoms with Crippen LogP contribution in [0.2, 0.25) is 0 Å². The van der Waals surface area contributed by atoms with Gasteiger partial charge in [0.1, 0.15) is 0 Å². The maximum absolute atomic E-state index is 3.65. The number of nitrogens with one attached hydrogen (secondary N) is 1. The summed E-state index contributed by atoms with van der Waals surface area (Å²) >= 11 is 5.60. The van der Waals surface area contributed by atoms with E-state index in [9.17, 15) is 0 Å². The van der Waals surface area contributed by atoms with Gasteiger partial charge < -0.3 is 5.32 Å². The summed E-state index contributed by atoms with van der Waals surface area (Å²) in [6.07, 6.45) is 1.18. The van der Waals surface area contributed by atoms with E-state index in [0.29, 0.717) is 16.8 Å². The van der Waals surface area contributed by atoms with Gasteiger partial charge in [-0.3, -0.25) is 0 Å². The van der Waals surface area contributed by atoms with E-state index >= 15 is 0 Å². The molecule has 3 atom stereocenters. The monoisotopic (exact) mass is 313 g/mol. The number of thioether (sulfide) groups is 1. The maximum atomic E-state index is 3.65. The number of halogens is 1. The van der Waals surface area contributed by atoms with Crippen molar-refractivity contribution >= 4 is 27.7 Å². The third kappa shape index (κ3) is 3.73. The van der Waals surface area contributed by atoms with Crippen LogP contribution in [0.15, 0.2) is 29.2 Å². The van der Waals surface area contributed by atoms with E-state index in [2.05, 4.69) is 59.4 Å².